The predicted octanol–water partition coefficient (Wildman–Crippen LogP) is 1.88. The van der Waals surface area contributed by atoms with Gasteiger partial charge in [-0.05, 0) is 35.7 Å². The van der Waals surface area contributed by atoms with Crippen LogP contribution >= 0.6 is 0 Å². The molecule has 1 heterocycles. The summed E-state index contributed by atoms with van der Waals surface area (Å²) in [4.78, 5) is 13.6. The molecule has 0 spiro atoms. The van der Waals surface area contributed by atoms with Gasteiger partial charge in [0, 0.05) is 43.1 Å². The summed E-state index contributed by atoms with van der Waals surface area (Å²) < 4.78 is 7.32. The monoisotopic (exact) mass is 448 g/mol. The lowest BCUT2D eigenvalue weighted by Crippen LogP contribution is -3.00. The highest BCUT2D eigenvalue weighted by Gasteiger charge is 2.06. The van der Waals surface area contributed by atoms with Gasteiger partial charge in [-0.1, -0.05) is 55.1 Å². The third kappa shape index (κ3) is 7.40. The van der Waals surface area contributed by atoms with Crippen molar-refractivity contribution < 1.29 is 26.5 Å². The van der Waals surface area contributed by atoms with Crippen molar-refractivity contribution in [3.63, 3.8) is 0 Å². The molecule has 3 rings (SSSR count). The first-order chi connectivity index (χ1) is 14.9. The zero-order valence-electron chi connectivity index (χ0n) is 18.8. The zero-order valence-corrected chi connectivity index (χ0v) is 19.5. The van der Waals surface area contributed by atoms with Gasteiger partial charge in [-0.25, -0.2) is 9.36 Å². The van der Waals surface area contributed by atoms with Gasteiger partial charge in [0.25, 0.3) is 0 Å². The number of rotatable bonds is 8. The minimum absolute atomic E-state index is 0. The van der Waals surface area contributed by atoms with Crippen LogP contribution in [-0.2, 0) is 22.7 Å². The summed E-state index contributed by atoms with van der Waals surface area (Å²) in [6.45, 7) is 6.27. The normalized spacial score (nSPS) is 10.5. The summed E-state index contributed by atoms with van der Waals surface area (Å²) >= 11 is 0. The minimum Gasteiger partial charge on any atom is -1.00 e. The Hall–Kier alpha value is -3.37. The standard InChI is InChI=1S/C27H29N2O2.ClH/c1-21(2)27(30)31-20-25-9-7-24(8-10-25)19-29-17-15-23(16-18-29)6-5-22-11-13-26(14-12-22)28(3)4;/h5-18H,1,19-20H2,2-4H3;1H/q+1;/p-1. The quantitative estimate of drug-likeness (QED) is 0.300. The van der Waals surface area contributed by atoms with E-state index in [0.29, 0.717) is 5.57 Å². The molecule has 1 aromatic heterocycles. The van der Waals surface area contributed by atoms with Crippen LogP contribution in [0.15, 0.2) is 85.2 Å². The molecule has 5 heteroatoms. The number of nitrogens with zero attached hydrogens (tertiary/aromatic N) is 2. The van der Waals surface area contributed by atoms with Crippen LogP contribution in [0.2, 0.25) is 0 Å². The van der Waals surface area contributed by atoms with Gasteiger partial charge < -0.3 is 22.0 Å². The van der Waals surface area contributed by atoms with E-state index in [9.17, 15) is 4.79 Å². The Kier molecular flexibility index (Phi) is 9.23. The third-order valence-electron chi connectivity index (χ3n) is 4.90. The molecule has 3 aromatic rings. The molecular formula is C27H29ClN2O2. The number of halogens is 1. The maximum atomic E-state index is 11.5. The Labute approximate surface area is 196 Å². The molecule has 0 aliphatic heterocycles. The molecule has 0 aliphatic carbocycles. The largest absolute Gasteiger partial charge is 1.00 e. The van der Waals surface area contributed by atoms with Crippen LogP contribution in [0, 0.1) is 0 Å². The molecule has 0 atom stereocenters. The highest BCUT2D eigenvalue weighted by atomic mass is 35.5. The number of benzene rings is 2. The Bertz CT molecular complexity index is 1050. The third-order valence-corrected chi connectivity index (χ3v) is 4.90. The molecule has 0 bridgehead atoms. The van der Waals surface area contributed by atoms with E-state index in [1.165, 1.54) is 16.8 Å². The molecule has 32 heavy (non-hydrogen) atoms. The summed E-state index contributed by atoms with van der Waals surface area (Å²) in [7, 11) is 4.08. The summed E-state index contributed by atoms with van der Waals surface area (Å²) in [5.41, 5.74) is 6.08. The van der Waals surface area contributed by atoms with Crippen LogP contribution in [0.3, 0.4) is 0 Å². The summed E-state index contributed by atoms with van der Waals surface area (Å²) in [6.07, 6.45) is 8.41. The lowest BCUT2D eigenvalue weighted by molar-refractivity contribution is -0.688. The fourth-order valence-electron chi connectivity index (χ4n) is 2.99. The number of hydrogen-bond acceptors (Lipinski definition) is 3. The second-order valence-electron chi connectivity index (χ2n) is 7.80. The van der Waals surface area contributed by atoms with Crippen LogP contribution in [0.25, 0.3) is 12.2 Å². The number of hydrogen-bond donors (Lipinski definition) is 0. The summed E-state index contributed by atoms with van der Waals surface area (Å²) in [5, 5.41) is 0. The second-order valence-corrected chi connectivity index (χ2v) is 7.80. The van der Waals surface area contributed by atoms with Crippen molar-refractivity contribution >= 4 is 23.8 Å². The maximum absolute atomic E-state index is 11.5. The Morgan fingerprint density at radius 1 is 0.906 bits per heavy atom. The zero-order chi connectivity index (χ0) is 22.2. The maximum Gasteiger partial charge on any atom is 0.333 e. The Morgan fingerprint density at radius 2 is 1.44 bits per heavy atom. The van der Waals surface area contributed by atoms with Crippen LogP contribution in [-0.4, -0.2) is 20.1 Å². The summed E-state index contributed by atoms with van der Waals surface area (Å²) in [6, 6.07) is 20.8. The second kappa shape index (κ2) is 11.9. The summed E-state index contributed by atoms with van der Waals surface area (Å²) in [5.74, 6) is -0.362. The molecule has 0 amide bonds. The molecule has 166 valence electrons. The number of ether oxygens (including phenoxy) is 1. The van der Waals surface area contributed by atoms with E-state index in [0.717, 1.165) is 17.7 Å². The van der Waals surface area contributed by atoms with E-state index in [4.69, 9.17) is 4.74 Å². The highest BCUT2D eigenvalue weighted by molar-refractivity contribution is 5.86. The fraction of sp³-hybridized carbons (Fsp3) is 0.185. The average molecular weight is 449 g/mol. The lowest BCUT2D eigenvalue weighted by atomic mass is 10.1. The van der Waals surface area contributed by atoms with Gasteiger partial charge in [-0.2, -0.15) is 0 Å². The molecule has 4 nitrogen and oxygen atoms in total. The van der Waals surface area contributed by atoms with Crippen molar-refractivity contribution in [2.45, 2.75) is 20.1 Å². The van der Waals surface area contributed by atoms with Crippen molar-refractivity contribution in [3.05, 3.63) is 107 Å². The fourth-order valence-corrected chi connectivity index (χ4v) is 2.99. The number of carbonyl (C=O) groups is 1. The van der Waals surface area contributed by atoms with E-state index in [1.807, 2.05) is 26.2 Å². The number of esters is 1. The van der Waals surface area contributed by atoms with Crippen molar-refractivity contribution in [1.29, 1.82) is 0 Å². The van der Waals surface area contributed by atoms with Gasteiger partial charge in [0.1, 0.15) is 6.61 Å². The van der Waals surface area contributed by atoms with Crippen LogP contribution in [0.1, 0.15) is 29.2 Å². The molecular weight excluding hydrogens is 420 g/mol. The van der Waals surface area contributed by atoms with Gasteiger partial charge in [0.15, 0.2) is 18.9 Å². The van der Waals surface area contributed by atoms with Crippen molar-refractivity contribution in [2.75, 3.05) is 19.0 Å². The molecule has 0 radical (unpaired) electrons. The van der Waals surface area contributed by atoms with Crippen LogP contribution in [0.5, 0.6) is 0 Å². The minimum atomic E-state index is -0.362. The van der Waals surface area contributed by atoms with E-state index in [1.54, 1.807) is 6.92 Å². The number of aromatic nitrogens is 1. The molecule has 0 saturated carbocycles. The smallest absolute Gasteiger partial charge is 0.333 e. The SMILES string of the molecule is C=C(C)C(=O)OCc1ccc(C[n+]2ccc(/C=C/c3ccc(N(C)C)cc3)cc2)cc1.[Cl-]. The molecule has 0 unspecified atom stereocenters. The number of pyridine rings is 1. The first kappa shape index (κ1) is 24.9. The molecule has 0 aliphatic rings. The van der Waals surface area contributed by atoms with E-state index < -0.39 is 0 Å². The molecule has 0 N–H and O–H groups in total. The lowest BCUT2D eigenvalue weighted by Gasteiger charge is -2.11. The highest BCUT2D eigenvalue weighted by Crippen LogP contribution is 2.14. The first-order valence-corrected chi connectivity index (χ1v) is 10.3. The van der Waals surface area contributed by atoms with Crippen molar-refractivity contribution in [3.8, 4) is 0 Å². The van der Waals surface area contributed by atoms with E-state index in [2.05, 4.69) is 89.1 Å². The van der Waals surface area contributed by atoms with Crippen molar-refractivity contribution in [2.24, 2.45) is 0 Å². The average Bonchev–Trinajstić information content (AvgIpc) is 2.78. The first-order valence-electron chi connectivity index (χ1n) is 10.3. The van der Waals surface area contributed by atoms with E-state index >= 15 is 0 Å². The Morgan fingerprint density at radius 3 is 1.97 bits per heavy atom. The van der Waals surface area contributed by atoms with E-state index in [-0.39, 0.29) is 25.0 Å². The van der Waals surface area contributed by atoms with Gasteiger partial charge in [-0.3, -0.25) is 0 Å². The van der Waals surface area contributed by atoms with Gasteiger partial charge in [-0.15, -0.1) is 0 Å². The van der Waals surface area contributed by atoms with Gasteiger partial charge in [0.2, 0.25) is 0 Å². The predicted molar refractivity (Wildman–Crippen MR) is 126 cm³/mol. The number of anilines is 1. The molecule has 0 fully saturated rings. The van der Waals surface area contributed by atoms with Crippen LogP contribution < -0.4 is 21.9 Å². The number of carbonyl (C=O) groups excluding carboxylic acids is 1. The van der Waals surface area contributed by atoms with Gasteiger partial charge >= 0.3 is 5.97 Å². The van der Waals surface area contributed by atoms with Gasteiger partial charge in [0.05, 0.1) is 0 Å². The Balaban J connectivity index is 0.00000363. The molecule has 2 aromatic carbocycles. The van der Waals surface area contributed by atoms with Crippen molar-refractivity contribution in [1.82, 2.24) is 0 Å². The topological polar surface area (TPSA) is 33.4 Å². The van der Waals surface area contributed by atoms with Crippen LogP contribution in [0.4, 0.5) is 5.69 Å². The molecule has 0 saturated heterocycles.